The Labute approximate surface area is 191 Å². The van der Waals surface area contributed by atoms with Crippen LogP contribution in [0, 0.1) is 6.92 Å². The fraction of sp³-hybridized carbons (Fsp3) is 0.304. The van der Waals surface area contributed by atoms with Crippen LogP contribution in [0.2, 0.25) is 0 Å². The van der Waals surface area contributed by atoms with E-state index in [-0.39, 0.29) is 19.0 Å². The van der Waals surface area contributed by atoms with E-state index in [2.05, 4.69) is 4.98 Å². The van der Waals surface area contributed by atoms with Gasteiger partial charge in [0.15, 0.2) is 0 Å². The van der Waals surface area contributed by atoms with E-state index < -0.39 is 15.6 Å². The molecule has 1 aromatic heterocycles. The number of carbonyl (C=O) groups excluding carboxylic acids is 1. The van der Waals surface area contributed by atoms with Crippen LogP contribution in [0.5, 0.6) is 5.75 Å². The number of aromatic nitrogens is 1. The Hall–Kier alpha value is -2.75. The van der Waals surface area contributed by atoms with E-state index in [0.717, 1.165) is 16.3 Å². The van der Waals surface area contributed by atoms with Crippen molar-refractivity contribution in [2.75, 3.05) is 20.2 Å². The van der Waals surface area contributed by atoms with Crippen LogP contribution < -0.4 is 4.74 Å². The minimum atomic E-state index is -3.72. The van der Waals surface area contributed by atoms with Crippen molar-refractivity contribution in [2.24, 2.45) is 0 Å². The lowest BCUT2D eigenvalue weighted by atomic mass is 9.89. The molecule has 0 saturated carbocycles. The number of hydrogen-bond acceptors (Lipinski definition) is 6. The van der Waals surface area contributed by atoms with Crippen LogP contribution in [-0.4, -0.2) is 48.7 Å². The largest absolute Gasteiger partial charge is 0.496 e. The monoisotopic (exact) mass is 469 g/mol. The number of rotatable bonds is 4. The van der Waals surface area contributed by atoms with Gasteiger partial charge in [-0.2, -0.15) is 4.31 Å². The van der Waals surface area contributed by atoms with E-state index >= 15 is 0 Å². The van der Waals surface area contributed by atoms with Gasteiger partial charge in [-0.15, -0.1) is 11.3 Å². The highest BCUT2D eigenvalue weighted by atomic mass is 32.2. The Bertz CT molecular complexity index is 1300. The molecule has 1 fully saturated rings. The summed E-state index contributed by atoms with van der Waals surface area (Å²) in [7, 11) is -2.18. The van der Waals surface area contributed by atoms with Crippen LogP contribution in [0.1, 0.15) is 33.0 Å². The maximum Gasteiger partial charge on any atom is 0.257 e. The molecular weight excluding hydrogens is 446 g/mol. The van der Waals surface area contributed by atoms with Gasteiger partial charge in [0, 0.05) is 18.5 Å². The molecule has 32 heavy (non-hydrogen) atoms. The fourth-order valence-corrected chi connectivity index (χ4v) is 7.44. The molecule has 7 nitrogen and oxygen atoms in total. The van der Waals surface area contributed by atoms with Crippen LogP contribution in [0.25, 0.3) is 0 Å². The minimum Gasteiger partial charge on any atom is -0.496 e. The summed E-state index contributed by atoms with van der Waals surface area (Å²) in [5.41, 5.74) is 1.13. The minimum absolute atomic E-state index is 0.162. The molecule has 1 amide bonds. The number of aryl methyl sites for hydroxylation is 1. The summed E-state index contributed by atoms with van der Waals surface area (Å²) in [5.74, 6) is 0.346. The average molecular weight is 470 g/mol. The standard InChI is InChI=1S/C23H23N3O4S2/c1-16-24-17(14-31-16)13-26-23(19-8-4-6-10-21(19)32(26,28)29)11-12-25(15-23)22(27)18-7-3-5-9-20(18)30-2/h3-10,14H,11-13,15H2,1-2H3/t23-/m1/s1. The summed E-state index contributed by atoms with van der Waals surface area (Å²) >= 11 is 1.50. The molecule has 2 aliphatic rings. The number of hydrogen-bond donors (Lipinski definition) is 0. The summed E-state index contributed by atoms with van der Waals surface area (Å²) in [6.07, 6.45) is 0.521. The van der Waals surface area contributed by atoms with Crippen LogP contribution in [-0.2, 0) is 22.1 Å². The number of fused-ring (bicyclic) bond motifs is 2. The van der Waals surface area contributed by atoms with Gasteiger partial charge in [-0.05, 0) is 37.1 Å². The van der Waals surface area contributed by atoms with Gasteiger partial charge >= 0.3 is 0 Å². The van der Waals surface area contributed by atoms with E-state index in [0.29, 0.717) is 29.2 Å². The smallest absolute Gasteiger partial charge is 0.257 e. The highest BCUT2D eigenvalue weighted by Gasteiger charge is 2.57. The molecule has 1 spiro atoms. The molecule has 2 aromatic carbocycles. The SMILES string of the molecule is COc1ccccc1C(=O)N1CC[C@@]2(C1)c1ccccc1S(=O)(=O)N2Cc1csc(C)n1. The summed E-state index contributed by atoms with van der Waals surface area (Å²) in [5, 5.41) is 2.79. The van der Waals surface area contributed by atoms with Crippen molar-refractivity contribution in [1.82, 2.24) is 14.2 Å². The number of benzene rings is 2. The third kappa shape index (κ3) is 3.15. The molecule has 0 aliphatic carbocycles. The summed E-state index contributed by atoms with van der Waals surface area (Å²) in [4.78, 5) is 19.9. The fourth-order valence-electron chi connectivity index (χ4n) is 4.81. The van der Waals surface area contributed by atoms with E-state index in [1.807, 2.05) is 30.5 Å². The van der Waals surface area contributed by atoms with Crippen LogP contribution in [0.3, 0.4) is 0 Å². The zero-order valence-corrected chi connectivity index (χ0v) is 19.4. The molecule has 9 heteroatoms. The molecule has 1 saturated heterocycles. The normalized spacial score (nSPS) is 21.8. The number of nitrogens with zero attached hydrogens (tertiary/aromatic N) is 3. The second kappa shape index (κ2) is 7.68. The van der Waals surface area contributed by atoms with Crippen molar-refractivity contribution < 1.29 is 17.9 Å². The highest BCUT2D eigenvalue weighted by molar-refractivity contribution is 7.89. The molecular formula is C23H23N3O4S2. The molecule has 3 aromatic rings. The molecule has 0 radical (unpaired) electrons. The molecule has 3 heterocycles. The van der Waals surface area contributed by atoms with Gasteiger partial charge in [-0.3, -0.25) is 4.79 Å². The summed E-state index contributed by atoms with van der Waals surface area (Å²) in [6.45, 7) is 2.81. The number of sulfonamides is 1. The van der Waals surface area contributed by atoms with Crippen LogP contribution >= 0.6 is 11.3 Å². The van der Waals surface area contributed by atoms with E-state index in [4.69, 9.17) is 4.74 Å². The molecule has 0 unspecified atom stereocenters. The third-order valence-corrected chi connectivity index (χ3v) is 9.07. The zero-order valence-electron chi connectivity index (χ0n) is 17.8. The number of thiazole rings is 1. The van der Waals surface area contributed by atoms with Crippen molar-refractivity contribution in [3.05, 3.63) is 75.7 Å². The number of ether oxygens (including phenoxy) is 1. The first-order valence-electron chi connectivity index (χ1n) is 10.3. The average Bonchev–Trinajstić information content (AvgIpc) is 3.47. The predicted molar refractivity (Wildman–Crippen MR) is 121 cm³/mol. The topological polar surface area (TPSA) is 79.8 Å². The Kier molecular flexibility index (Phi) is 5.07. The number of likely N-dealkylation sites (tertiary alicyclic amines) is 1. The lowest BCUT2D eigenvalue weighted by Gasteiger charge is -2.33. The lowest BCUT2D eigenvalue weighted by Crippen LogP contribution is -2.46. The zero-order chi connectivity index (χ0) is 22.5. The predicted octanol–water partition coefficient (Wildman–Crippen LogP) is 3.41. The second-order valence-corrected chi connectivity index (χ2v) is 11.0. The maximum absolute atomic E-state index is 13.6. The van der Waals surface area contributed by atoms with Gasteiger partial charge in [0.25, 0.3) is 5.91 Å². The van der Waals surface area contributed by atoms with Crippen molar-refractivity contribution in [1.29, 1.82) is 0 Å². The summed E-state index contributed by atoms with van der Waals surface area (Å²) < 4.78 is 34.1. The first-order chi connectivity index (χ1) is 15.4. The summed E-state index contributed by atoms with van der Waals surface area (Å²) in [6, 6.07) is 14.2. The maximum atomic E-state index is 13.6. The van der Waals surface area contributed by atoms with Crippen molar-refractivity contribution in [2.45, 2.75) is 30.3 Å². The molecule has 2 aliphatic heterocycles. The van der Waals surface area contributed by atoms with Gasteiger partial charge in [0.05, 0.1) is 40.4 Å². The third-order valence-electron chi connectivity index (χ3n) is 6.28. The van der Waals surface area contributed by atoms with Crippen molar-refractivity contribution >= 4 is 27.3 Å². The number of carbonyl (C=O) groups is 1. The van der Waals surface area contributed by atoms with E-state index in [1.54, 1.807) is 39.5 Å². The van der Waals surface area contributed by atoms with Gasteiger partial charge in [0.1, 0.15) is 5.75 Å². The van der Waals surface area contributed by atoms with Gasteiger partial charge in [-0.25, -0.2) is 13.4 Å². The molecule has 1 atom stereocenters. The second-order valence-electron chi connectivity index (χ2n) is 8.07. The number of para-hydroxylation sites is 1. The van der Waals surface area contributed by atoms with Gasteiger partial charge in [0.2, 0.25) is 10.0 Å². The van der Waals surface area contributed by atoms with Crippen LogP contribution in [0.4, 0.5) is 0 Å². The molecule has 5 rings (SSSR count). The Balaban J connectivity index is 1.56. The molecule has 166 valence electrons. The first kappa shape index (κ1) is 21.1. The first-order valence-corrected chi connectivity index (χ1v) is 12.6. The van der Waals surface area contributed by atoms with E-state index in [1.165, 1.54) is 18.4 Å². The van der Waals surface area contributed by atoms with Crippen molar-refractivity contribution in [3.63, 3.8) is 0 Å². The quantitative estimate of drug-likeness (QED) is 0.585. The Morgan fingerprint density at radius 3 is 2.69 bits per heavy atom. The Morgan fingerprint density at radius 1 is 1.19 bits per heavy atom. The molecule has 0 bridgehead atoms. The lowest BCUT2D eigenvalue weighted by molar-refractivity contribution is 0.0759. The number of methoxy groups -OCH3 is 1. The highest BCUT2D eigenvalue weighted by Crippen LogP contribution is 2.50. The van der Waals surface area contributed by atoms with E-state index in [9.17, 15) is 13.2 Å². The van der Waals surface area contributed by atoms with Gasteiger partial charge < -0.3 is 9.64 Å². The Morgan fingerprint density at radius 2 is 1.94 bits per heavy atom. The van der Waals surface area contributed by atoms with Gasteiger partial charge in [-0.1, -0.05) is 30.3 Å². The van der Waals surface area contributed by atoms with Crippen LogP contribution in [0.15, 0.2) is 58.8 Å². The molecule has 0 N–H and O–H groups in total. The number of amides is 1. The van der Waals surface area contributed by atoms with Crippen molar-refractivity contribution in [3.8, 4) is 5.75 Å².